The average molecular weight is 352 g/mol. The molecule has 2 atom stereocenters. The molecule has 9 heteroatoms. The highest BCUT2D eigenvalue weighted by atomic mass is 32.2. The average Bonchev–Trinajstić information content (AvgIpc) is 3.14. The van der Waals surface area contributed by atoms with Gasteiger partial charge in [0, 0.05) is 26.8 Å². The van der Waals surface area contributed by atoms with E-state index < -0.39 is 10.0 Å². The highest BCUT2D eigenvalue weighted by Gasteiger charge is 2.33. The van der Waals surface area contributed by atoms with Crippen molar-refractivity contribution in [2.45, 2.75) is 23.9 Å². The number of aryl methyl sites for hydroxylation is 2. The van der Waals surface area contributed by atoms with Crippen LogP contribution >= 0.6 is 0 Å². The number of hydrogen-bond donors (Lipinski definition) is 1. The molecule has 24 heavy (non-hydrogen) atoms. The van der Waals surface area contributed by atoms with Gasteiger partial charge >= 0.3 is 0 Å². The summed E-state index contributed by atoms with van der Waals surface area (Å²) in [6.07, 6.45) is 5.31. The topological polar surface area (TPSA) is 85.1 Å². The zero-order valence-electron chi connectivity index (χ0n) is 14.3. The molecule has 0 amide bonds. The highest BCUT2D eigenvalue weighted by Crippen LogP contribution is 2.34. The summed E-state index contributed by atoms with van der Waals surface area (Å²) in [5.74, 6) is 0.196. The monoisotopic (exact) mass is 352 g/mol. The summed E-state index contributed by atoms with van der Waals surface area (Å²) in [6.45, 7) is 1.40. The van der Waals surface area contributed by atoms with E-state index in [1.54, 1.807) is 13.2 Å². The van der Waals surface area contributed by atoms with E-state index in [0.717, 1.165) is 25.1 Å². The lowest BCUT2D eigenvalue weighted by Gasteiger charge is -2.39. The molecule has 3 heterocycles. The Morgan fingerprint density at radius 3 is 2.50 bits per heavy atom. The highest BCUT2D eigenvalue weighted by molar-refractivity contribution is 7.89. The molecule has 1 aliphatic rings. The van der Waals surface area contributed by atoms with Crippen molar-refractivity contribution >= 4 is 10.0 Å². The Hall–Kier alpha value is -1.71. The molecule has 0 saturated carbocycles. The first-order valence-corrected chi connectivity index (χ1v) is 9.54. The number of piperidine rings is 1. The first-order chi connectivity index (χ1) is 11.4. The zero-order chi connectivity index (χ0) is 17.3. The van der Waals surface area contributed by atoms with Crippen molar-refractivity contribution in [3.63, 3.8) is 0 Å². The summed E-state index contributed by atoms with van der Waals surface area (Å²) in [4.78, 5) is 2.28. The quantitative estimate of drug-likeness (QED) is 0.848. The van der Waals surface area contributed by atoms with Crippen LogP contribution in [0.3, 0.4) is 0 Å². The van der Waals surface area contributed by atoms with Crippen LogP contribution in [0.2, 0.25) is 0 Å². The van der Waals surface area contributed by atoms with Crippen LogP contribution in [0.25, 0.3) is 0 Å². The largest absolute Gasteiger partial charge is 0.298 e. The summed E-state index contributed by atoms with van der Waals surface area (Å²) in [5.41, 5.74) is 1.11. The van der Waals surface area contributed by atoms with E-state index in [0.29, 0.717) is 6.54 Å². The molecule has 0 spiro atoms. The Balaban J connectivity index is 1.78. The SMILES string of the molecule is CN1CCC[C@@H](CNS(=O)(=O)c2ccnn2C)[C@@H]1c1ccnn1C. The van der Waals surface area contributed by atoms with Gasteiger partial charge < -0.3 is 0 Å². The van der Waals surface area contributed by atoms with Crippen LogP contribution in [0.4, 0.5) is 0 Å². The predicted octanol–water partition coefficient (Wildman–Crippen LogP) is 0.515. The van der Waals surface area contributed by atoms with E-state index >= 15 is 0 Å². The van der Waals surface area contributed by atoms with Crippen molar-refractivity contribution in [2.75, 3.05) is 20.1 Å². The van der Waals surface area contributed by atoms with Gasteiger partial charge in [-0.2, -0.15) is 10.2 Å². The van der Waals surface area contributed by atoms with Gasteiger partial charge in [-0.05, 0) is 44.5 Å². The van der Waals surface area contributed by atoms with Gasteiger partial charge in [-0.1, -0.05) is 0 Å². The van der Waals surface area contributed by atoms with Gasteiger partial charge in [0.05, 0.1) is 17.9 Å². The Morgan fingerprint density at radius 1 is 1.17 bits per heavy atom. The van der Waals surface area contributed by atoms with E-state index in [1.807, 2.05) is 17.8 Å². The van der Waals surface area contributed by atoms with Crippen LogP contribution in [0.5, 0.6) is 0 Å². The number of hydrogen-bond acceptors (Lipinski definition) is 5. The second-order valence-electron chi connectivity index (χ2n) is 6.35. The second kappa shape index (κ2) is 6.66. The molecule has 3 rings (SSSR count). The van der Waals surface area contributed by atoms with Crippen LogP contribution in [-0.4, -0.2) is 53.0 Å². The standard InChI is InChI=1S/C15H24N6O2S/c1-19-10-4-5-12(15(19)13-6-8-16-20(13)2)11-18-24(22,23)14-7-9-17-21(14)3/h6-9,12,15,18H,4-5,10-11H2,1-3H3/t12-,15+/m0/s1. The molecule has 132 valence electrons. The third-order valence-corrected chi connectivity index (χ3v) is 6.25. The van der Waals surface area contributed by atoms with Gasteiger partial charge in [0.15, 0.2) is 5.03 Å². The van der Waals surface area contributed by atoms with Crippen LogP contribution in [-0.2, 0) is 24.1 Å². The van der Waals surface area contributed by atoms with Crippen LogP contribution < -0.4 is 4.72 Å². The van der Waals surface area contributed by atoms with Crippen molar-refractivity contribution in [3.05, 3.63) is 30.2 Å². The zero-order valence-corrected chi connectivity index (χ0v) is 15.1. The van der Waals surface area contributed by atoms with E-state index in [9.17, 15) is 8.42 Å². The van der Waals surface area contributed by atoms with Crippen molar-refractivity contribution in [1.29, 1.82) is 0 Å². The second-order valence-corrected chi connectivity index (χ2v) is 8.07. The van der Waals surface area contributed by atoms with Crippen LogP contribution in [0.1, 0.15) is 24.6 Å². The summed E-state index contributed by atoms with van der Waals surface area (Å²) >= 11 is 0. The molecule has 2 aromatic rings. The molecule has 0 bridgehead atoms. The molecule has 1 fully saturated rings. The number of rotatable bonds is 5. The first kappa shape index (κ1) is 17.1. The van der Waals surface area contributed by atoms with Crippen LogP contribution in [0.15, 0.2) is 29.6 Å². The van der Waals surface area contributed by atoms with E-state index in [4.69, 9.17) is 0 Å². The Kier molecular flexibility index (Phi) is 4.75. The number of nitrogens with zero attached hydrogens (tertiary/aromatic N) is 5. The van der Waals surface area contributed by atoms with E-state index in [-0.39, 0.29) is 17.0 Å². The summed E-state index contributed by atoms with van der Waals surface area (Å²) in [7, 11) is 2.08. The lowest BCUT2D eigenvalue weighted by molar-refractivity contribution is 0.116. The molecule has 0 aliphatic carbocycles. The minimum absolute atomic E-state index is 0.153. The Labute approximate surface area is 142 Å². The molecule has 0 unspecified atom stereocenters. The smallest absolute Gasteiger partial charge is 0.257 e. The fourth-order valence-electron chi connectivity index (χ4n) is 3.53. The van der Waals surface area contributed by atoms with Crippen molar-refractivity contribution in [2.24, 2.45) is 20.0 Å². The fraction of sp³-hybridized carbons (Fsp3) is 0.600. The lowest BCUT2D eigenvalue weighted by Crippen LogP contribution is -2.42. The van der Waals surface area contributed by atoms with Crippen molar-refractivity contribution < 1.29 is 8.42 Å². The molecule has 2 aromatic heterocycles. The van der Waals surface area contributed by atoms with Gasteiger partial charge in [-0.3, -0.25) is 14.3 Å². The third kappa shape index (κ3) is 3.24. The number of aromatic nitrogens is 4. The van der Waals surface area contributed by atoms with Gasteiger partial charge in [0.2, 0.25) is 0 Å². The normalized spacial score (nSPS) is 22.8. The number of nitrogens with one attached hydrogen (secondary N) is 1. The van der Waals surface area contributed by atoms with Crippen molar-refractivity contribution in [1.82, 2.24) is 29.2 Å². The molecule has 0 radical (unpaired) electrons. The van der Waals surface area contributed by atoms with Gasteiger partial charge in [-0.15, -0.1) is 0 Å². The number of likely N-dealkylation sites (tertiary alicyclic amines) is 1. The Bertz CT molecular complexity index is 797. The first-order valence-electron chi connectivity index (χ1n) is 8.06. The Morgan fingerprint density at radius 2 is 1.88 bits per heavy atom. The molecule has 1 aliphatic heterocycles. The van der Waals surface area contributed by atoms with Gasteiger partial charge in [0.25, 0.3) is 10.0 Å². The molecular weight excluding hydrogens is 328 g/mol. The number of sulfonamides is 1. The molecule has 0 aromatic carbocycles. The fourth-order valence-corrected chi connectivity index (χ4v) is 4.75. The maximum atomic E-state index is 12.5. The van der Waals surface area contributed by atoms with Crippen LogP contribution in [0, 0.1) is 5.92 Å². The van der Waals surface area contributed by atoms with Crippen molar-refractivity contribution in [3.8, 4) is 0 Å². The minimum atomic E-state index is -3.56. The maximum absolute atomic E-state index is 12.5. The minimum Gasteiger partial charge on any atom is -0.298 e. The molecule has 1 saturated heterocycles. The third-order valence-electron chi connectivity index (χ3n) is 4.76. The van der Waals surface area contributed by atoms with E-state index in [2.05, 4.69) is 26.9 Å². The summed E-state index contributed by atoms with van der Waals surface area (Å²) in [5, 5.41) is 8.38. The maximum Gasteiger partial charge on any atom is 0.257 e. The summed E-state index contributed by atoms with van der Waals surface area (Å²) in [6, 6.07) is 3.67. The predicted molar refractivity (Wildman–Crippen MR) is 89.7 cm³/mol. The van der Waals surface area contributed by atoms with E-state index in [1.165, 1.54) is 16.9 Å². The molecule has 1 N–H and O–H groups in total. The summed E-state index contributed by atoms with van der Waals surface area (Å²) < 4.78 is 31.0. The van der Waals surface area contributed by atoms with Gasteiger partial charge in [-0.25, -0.2) is 13.1 Å². The molecule has 8 nitrogen and oxygen atoms in total. The lowest BCUT2D eigenvalue weighted by atomic mass is 9.87. The molecular formula is C15H24N6O2S. The van der Waals surface area contributed by atoms with Gasteiger partial charge in [0.1, 0.15) is 0 Å².